The summed E-state index contributed by atoms with van der Waals surface area (Å²) in [5, 5.41) is 17.3. The van der Waals surface area contributed by atoms with Crippen LogP contribution in [0.15, 0.2) is 12.1 Å². The second kappa shape index (κ2) is 4.57. The molecule has 0 aromatic heterocycles. The van der Waals surface area contributed by atoms with Gasteiger partial charge in [0.2, 0.25) is 0 Å². The summed E-state index contributed by atoms with van der Waals surface area (Å²) in [6.07, 6.45) is 0.0390. The van der Waals surface area contributed by atoms with Crippen LogP contribution >= 0.6 is 0 Å². The molecule has 0 aliphatic heterocycles. The van der Waals surface area contributed by atoms with Crippen LogP contribution in [0.25, 0.3) is 0 Å². The van der Waals surface area contributed by atoms with E-state index in [2.05, 4.69) is 0 Å². The minimum absolute atomic E-state index is 0.0390. The Morgan fingerprint density at radius 1 is 1.33 bits per heavy atom. The van der Waals surface area contributed by atoms with Gasteiger partial charge in [-0.05, 0) is 12.0 Å². The van der Waals surface area contributed by atoms with Crippen molar-refractivity contribution in [2.75, 3.05) is 0 Å². The summed E-state index contributed by atoms with van der Waals surface area (Å²) < 4.78 is 13.9. The van der Waals surface area contributed by atoms with E-state index in [1.807, 2.05) is 26.0 Å². The van der Waals surface area contributed by atoms with Crippen molar-refractivity contribution < 1.29 is 4.39 Å². The van der Waals surface area contributed by atoms with E-state index in [4.69, 9.17) is 10.5 Å². The van der Waals surface area contributed by atoms with Crippen LogP contribution in [-0.2, 0) is 6.42 Å². The molecule has 1 rings (SSSR count). The molecule has 0 radical (unpaired) electrons. The Labute approximate surface area is 88.6 Å². The zero-order chi connectivity index (χ0) is 11.4. The van der Waals surface area contributed by atoms with Crippen molar-refractivity contribution in [3.8, 4) is 12.1 Å². The van der Waals surface area contributed by atoms with Gasteiger partial charge in [0.15, 0.2) is 0 Å². The minimum Gasteiger partial charge on any atom is -0.206 e. The molecular formula is C12H11FN2. The van der Waals surface area contributed by atoms with Crippen LogP contribution in [0.2, 0.25) is 0 Å². The molecule has 0 spiro atoms. The number of rotatable bonds is 2. The highest BCUT2D eigenvalue weighted by molar-refractivity contribution is 5.43. The summed E-state index contributed by atoms with van der Waals surface area (Å²) >= 11 is 0. The molecule has 15 heavy (non-hydrogen) atoms. The first-order chi connectivity index (χ1) is 7.11. The summed E-state index contributed by atoms with van der Waals surface area (Å²) in [5.41, 5.74) is 1.12. The molecule has 0 heterocycles. The minimum atomic E-state index is -0.411. The molecule has 0 aliphatic carbocycles. The van der Waals surface area contributed by atoms with Gasteiger partial charge in [0.05, 0.1) is 24.1 Å². The molecule has 0 saturated carbocycles. The highest BCUT2D eigenvalue weighted by Gasteiger charge is 2.15. The zero-order valence-corrected chi connectivity index (χ0v) is 8.71. The first-order valence-corrected chi connectivity index (χ1v) is 4.70. The zero-order valence-electron chi connectivity index (χ0n) is 8.71. The Kier molecular flexibility index (Phi) is 3.42. The molecule has 1 aromatic carbocycles. The molecule has 2 nitrogen and oxygen atoms in total. The molecule has 0 bridgehead atoms. The van der Waals surface area contributed by atoms with Gasteiger partial charge < -0.3 is 0 Å². The fraction of sp³-hybridized carbons (Fsp3) is 0.333. The van der Waals surface area contributed by atoms with Crippen molar-refractivity contribution in [3.05, 3.63) is 34.6 Å². The summed E-state index contributed by atoms with van der Waals surface area (Å²) in [7, 11) is 0. The van der Waals surface area contributed by atoms with Crippen molar-refractivity contribution in [2.24, 2.45) is 0 Å². The van der Waals surface area contributed by atoms with Crippen molar-refractivity contribution in [1.82, 2.24) is 0 Å². The maximum Gasteiger partial charge on any atom is 0.132 e. The average Bonchev–Trinajstić information content (AvgIpc) is 2.20. The van der Waals surface area contributed by atoms with E-state index in [-0.39, 0.29) is 12.3 Å². The molecule has 0 fully saturated rings. The Bertz CT molecular complexity index is 450. The van der Waals surface area contributed by atoms with E-state index < -0.39 is 5.82 Å². The molecule has 0 unspecified atom stereocenters. The maximum absolute atomic E-state index is 13.9. The number of benzene rings is 1. The fourth-order valence-corrected chi connectivity index (χ4v) is 1.52. The quantitative estimate of drug-likeness (QED) is 0.740. The van der Waals surface area contributed by atoms with Gasteiger partial charge in [-0.1, -0.05) is 19.9 Å². The molecule has 0 amide bonds. The van der Waals surface area contributed by atoms with Crippen LogP contribution in [0.4, 0.5) is 4.39 Å². The highest BCUT2D eigenvalue weighted by atomic mass is 19.1. The molecule has 76 valence electrons. The molecule has 1 aromatic rings. The molecule has 0 aliphatic rings. The van der Waals surface area contributed by atoms with Crippen LogP contribution < -0.4 is 0 Å². The van der Waals surface area contributed by atoms with E-state index >= 15 is 0 Å². The van der Waals surface area contributed by atoms with Crippen molar-refractivity contribution in [3.63, 3.8) is 0 Å². The predicted molar refractivity (Wildman–Crippen MR) is 54.5 cm³/mol. The Morgan fingerprint density at radius 3 is 2.47 bits per heavy atom. The number of hydrogen-bond donors (Lipinski definition) is 0. The van der Waals surface area contributed by atoms with Crippen molar-refractivity contribution in [2.45, 2.75) is 26.2 Å². The molecule has 0 atom stereocenters. The Hall–Kier alpha value is -1.87. The van der Waals surface area contributed by atoms with E-state index in [1.165, 1.54) is 6.07 Å². The van der Waals surface area contributed by atoms with Crippen LogP contribution in [0.1, 0.15) is 36.5 Å². The number of nitrogens with zero attached hydrogens (tertiary/aromatic N) is 2. The van der Waals surface area contributed by atoms with Crippen LogP contribution in [0.3, 0.4) is 0 Å². The normalized spacial score (nSPS) is 9.73. The highest BCUT2D eigenvalue weighted by Crippen LogP contribution is 2.25. The first-order valence-electron chi connectivity index (χ1n) is 4.70. The molecular weight excluding hydrogens is 191 g/mol. The van der Waals surface area contributed by atoms with Gasteiger partial charge in [-0.3, -0.25) is 0 Å². The largest absolute Gasteiger partial charge is 0.206 e. The predicted octanol–water partition coefficient (Wildman–Crippen LogP) is 2.89. The van der Waals surface area contributed by atoms with E-state index in [0.717, 1.165) is 0 Å². The van der Waals surface area contributed by atoms with E-state index in [1.54, 1.807) is 6.07 Å². The van der Waals surface area contributed by atoms with Gasteiger partial charge in [0, 0.05) is 11.1 Å². The lowest BCUT2D eigenvalue weighted by atomic mass is 9.94. The number of hydrogen-bond acceptors (Lipinski definition) is 2. The lowest BCUT2D eigenvalue weighted by molar-refractivity contribution is 0.586. The van der Waals surface area contributed by atoms with Gasteiger partial charge >= 0.3 is 0 Å². The molecule has 0 saturated heterocycles. The molecule has 3 heteroatoms. The van der Waals surface area contributed by atoms with Gasteiger partial charge in [0.25, 0.3) is 0 Å². The number of nitriles is 2. The lowest BCUT2D eigenvalue weighted by Gasteiger charge is -2.11. The van der Waals surface area contributed by atoms with Gasteiger partial charge in [0.1, 0.15) is 5.82 Å². The summed E-state index contributed by atoms with van der Waals surface area (Å²) in [5.74, 6) is -0.469. The summed E-state index contributed by atoms with van der Waals surface area (Å²) in [6.45, 7) is 3.66. The summed E-state index contributed by atoms with van der Waals surface area (Å²) in [6, 6.07) is 6.95. The van der Waals surface area contributed by atoms with E-state index in [9.17, 15) is 4.39 Å². The molecule has 0 N–H and O–H groups in total. The van der Waals surface area contributed by atoms with Crippen LogP contribution in [0.5, 0.6) is 0 Å². The third-order valence-corrected chi connectivity index (χ3v) is 2.23. The van der Waals surface area contributed by atoms with Gasteiger partial charge in [-0.2, -0.15) is 10.5 Å². The topological polar surface area (TPSA) is 47.6 Å². The maximum atomic E-state index is 13.9. The third-order valence-electron chi connectivity index (χ3n) is 2.23. The van der Waals surface area contributed by atoms with Crippen LogP contribution in [-0.4, -0.2) is 0 Å². The van der Waals surface area contributed by atoms with Crippen molar-refractivity contribution in [1.29, 1.82) is 10.5 Å². The lowest BCUT2D eigenvalue weighted by Crippen LogP contribution is -2.01. The second-order valence-electron chi connectivity index (χ2n) is 3.60. The second-order valence-corrected chi connectivity index (χ2v) is 3.60. The standard InChI is InChI=1S/C12H11FN2/c1-8(2)11-10(7-15)4-3-9(5-6-14)12(11)13/h3-4,8H,5H2,1-2H3. The van der Waals surface area contributed by atoms with Gasteiger partial charge in [-0.15, -0.1) is 0 Å². The smallest absolute Gasteiger partial charge is 0.132 e. The Morgan fingerprint density at radius 2 is 2.00 bits per heavy atom. The SMILES string of the molecule is CC(C)c1c(C#N)ccc(CC#N)c1F. The van der Waals surface area contributed by atoms with Crippen molar-refractivity contribution >= 4 is 0 Å². The summed E-state index contributed by atoms with van der Waals surface area (Å²) in [4.78, 5) is 0. The Balaban J connectivity index is 3.39. The third kappa shape index (κ3) is 2.14. The van der Waals surface area contributed by atoms with Crippen LogP contribution in [0, 0.1) is 28.5 Å². The monoisotopic (exact) mass is 202 g/mol. The fourth-order valence-electron chi connectivity index (χ4n) is 1.52. The van der Waals surface area contributed by atoms with E-state index in [0.29, 0.717) is 16.7 Å². The number of halogens is 1. The van der Waals surface area contributed by atoms with Gasteiger partial charge in [-0.25, -0.2) is 4.39 Å². The average molecular weight is 202 g/mol. The first kappa shape index (κ1) is 11.2.